The molecular formula is C10H21NO2. The number of hydrogen-bond acceptors (Lipinski definition) is 3. The summed E-state index contributed by atoms with van der Waals surface area (Å²) in [5.41, 5.74) is -0.198. The highest BCUT2D eigenvalue weighted by Gasteiger charge is 2.43. The maximum atomic E-state index is 9.73. The predicted octanol–water partition coefficient (Wildman–Crippen LogP) is 0.601. The molecule has 0 spiro atoms. The second kappa shape index (κ2) is 3.56. The van der Waals surface area contributed by atoms with Crippen molar-refractivity contribution in [2.75, 3.05) is 6.54 Å². The van der Waals surface area contributed by atoms with Gasteiger partial charge in [0.15, 0.2) is 0 Å². The summed E-state index contributed by atoms with van der Waals surface area (Å²) in [6.45, 7) is 8.74. The highest BCUT2D eigenvalue weighted by molar-refractivity contribution is 4.98. The zero-order valence-electron chi connectivity index (χ0n) is 8.99. The minimum absolute atomic E-state index is 0.118. The molecule has 2 N–H and O–H groups in total. The lowest BCUT2D eigenvalue weighted by Crippen LogP contribution is -2.52. The van der Waals surface area contributed by atoms with Crippen LogP contribution in [-0.4, -0.2) is 45.4 Å². The van der Waals surface area contributed by atoms with E-state index in [1.807, 2.05) is 20.8 Å². The Morgan fingerprint density at radius 3 is 2.23 bits per heavy atom. The molecule has 78 valence electrons. The molecule has 0 amide bonds. The summed E-state index contributed by atoms with van der Waals surface area (Å²) in [5.74, 6) is 0. The maximum Gasteiger partial charge on any atom is 0.0730 e. The molecule has 0 aliphatic carbocycles. The fourth-order valence-corrected chi connectivity index (χ4v) is 2.08. The van der Waals surface area contributed by atoms with Crippen molar-refractivity contribution in [3.05, 3.63) is 0 Å². The Kier molecular flexibility index (Phi) is 3.00. The lowest BCUT2D eigenvalue weighted by molar-refractivity contribution is -0.00471. The Balaban J connectivity index is 2.71. The number of nitrogens with zero attached hydrogens (tertiary/aromatic N) is 1. The first kappa shape index (κ1) is 11.0. The van der Waals surface area contributed by atoms with Crippen LogP contribution in [-0.2, 0) is 0 Å². The predicted molar refractivity (Wildman–Crippen MR) is 52.6 cm³/mol. The molecule has 3 atom stereocenters. The standard InChI is InChI=1S/C10H21NO2/c1-7(8(2)12)11-6-5-9(13)10(11,3)4/h7-9,12-13H,5-6H2,1-4H3. The van der Waals surface area contributed by atoms with Gasteiger partial charge in [0.05, 0.1) is 12.2 Å². The van der Waals surface area contributed by atoms with E-state index in [0.29, 0.717) is 0 Å². The van der Waals surface area contributed by atoms with Gasteiger partial charge >= 0.3 is 0 Å². The molecule has 0 bridgehead atoms. The smallest absolute Gasteiger partial charge is 0.0730 e. The molecule has 1 aliphatic heterocycles. The number of likely N-dealkylation sites (tertiary alicyclic amines) is 1. The molecular weight excluding hydrogens is 166 g/mol. The SMILES string of the molecule is CC(O)C(C)N1CCC(O)C1(C)C. The third-order valence-electron chi connectivity index (χ3n) is 3.39. The Morgan fingerprint density at radius 1 is 1.38 bits per heavy atom. The summed E-state index contributed by atoms with van der Waals surface area (Å²) >= 11 is 0. The molecule has 3 nitrogen and oxygen atoms in total. The number of hydrogen-bond donors (Lipinski definition) is 2. The normalized spacial score (nSPS) is 33.2. The summed E-state index contributed by atoms with van der Waals surface area (Å²) in [5, 5.41) is 19.2. The number of rotatable bonds is 2. The van der Waals surface area contributed by atoms with E-state index in [2.05, 4.69) is 4.90 Å². The van der Waals surface area contributed by atoms with Gasteiger partial charge in [-0.15, -0.1) is 0 Å². The van der Waals surface area contributed by atoms with Gasteiger partial charge in [0, 0.05) is 18.1 Å². The van der Waals surface area contributed by atoms with Crippen molar-refractivity contribution in [2.45, 2.75) is 57.9 Å². The van der Waals surface area contributed by atoms with E-state index >= 15 is 0 Å². The summed E-state index contributed by atoms with van der Waals surface area (Å²) in [6, 6.07) is 0.118. The molecule has 13 heavy (non-hydrogen) atoms. The molecule has 1 heterocycles. The van der Waals surface area contributed by atoms with Crippen LogP contribution in [0.25, 0.3) is 0 Å². The van der Waals surface area contributed by atoms with E-state index in [4.69, 9.17) is 0 Å². The van der Waals surface area contributed by atoms with E-state index in [9.17, 15) is 10.2 Å². The van der Waals surface area contributed by atoms with Gasteiger partial charge in [0.2, 0.25) is 0 Å². The Morgan fingerprint density at radius 2 is 1.92 bits per heavy atom. The molecule has 1 rings (SSSR count). The first-order chi connectivity index (χ1) is 5.87. The molecule has 1 aliphatic rings. The van der Waals surface area contributed by atoms with E-state index in [1.165, 1.54) is 0 Å². The van der Waals surface area contributed by atoms with Gasteiger partial charge in [-0.3, -0.25) is 4.90 Å². The van der Waals surface area contributed by atoms with Crippen molar-refractivity contribution in [2.24, 2.45) is 0 Å². The number of aliphatic hydroxyl groups excluding tert-OH is 2. The van der Waals surface area contributed by atoms with E-state index in [0.717, 1.165) is 13.0 Å². The van der Waals surface area contributed by atoms with Crippen LogP contribution in [0.5, 0.6) is 0 Å². The molecule has 0 aromatic carbocycles. The second-order valence-corrected chi connectivity index (χ2v) is 4.63. The first-order valence-electron chi connectivity index (χ1n) is 5.00. The molecule has 0 aromatic heterocycles. The molecule has 0 saturated carbocycles. The second-order valence-electron chi connectivity index (χ2n) is 4.63. The van der Waals surface area contributed by atoms with Gasteiger partial charge in [-0.05, 0) is 34.1 Å². The largest absolute Gasteiger partial charge is 0.392 e. The summed E-state index contributed by atoms with van der Waals surface area (Å²) < 4.78 is 0. The summed E-state index contributed by atoms with van der Waals surface area (Å²) in [7, 11) is 0. The maximum absolute atomic E-state index is 9.73. The van der Waals surface area contributed by atoms with Crippen LogP contribution in [0.15, 0.2) is 0 Å². The van der Waals surface area contributed by atoms with Gasteiger partial charge in [0.25, 0.3) is 0 Å². The van der Waals surface area contributed by atoms with Crippen molar-refractivity contribution < 1.29 is 10.2 Å². The zero-order valence-corrected chi connectivity index (χ0v) is 8.99. The third kappa shape index (κ3) is 1.87. The van der Waals surface area contributed by atoms with E-state index < -0.39 is 0 Å². The van der Waals surface area contributed by atoms with Crippen molar-refractivity contribution in [1.82, 2.24) is 4.90 Å². The van der Waals surface area contributed by atoms with Gasteiger partial charge in [-0.2, -0.15) is 0 Å². The Hall–Kier alpha value is -0.120. The summed E-state index contributed by atoms with van der Waals surface area (Å²) in [6.07, 6.45) is 0.197. The topological polar surface area (TPSA) is 43.7 Å². The van der Waals surface area contributed by atoms with Crippen LogP contribution in [0.1, 0.15) is 34.1 Å². The average Bonchev–Trinajstić information content (AvgIpc) is 2.26. The Bertz CT molecular complexity index is 180. The van der Waals surface area contributed by atoms with Crippen LogP contribution < -0.4 is 0 Å². The quantitative estimate of drug-likeness (QED) is 0.665. The first-order valence-corrected chi connectivity index (χ1v) is 5.00. The van der Waals surface area contributed by atoms with Crippen molar-refractivity contribution in [3.63, 3.8) is 0 Å². The molecule has 1 fully saturated rings. The number of aliphatic hydroxyl groups is 2. The van der Waals surface area contributed by atoms with E-state index in [-0.39, 0.29) is 23.8 Å². The third-order valence-corrected chi connectivity index (χ3v) is 3.39. The minimum atomic E-state index is -0.343. The lowest BCUT2D eigenvalue weighted by atomic mass is 9.97. The highest BCUT2D eigenvalue weighted by atomic mass is 16.3. The van der Waals surface area contributed by atoms with Gasteiger partial charge in [-0.25, -0.2) is 0 Å². The molecule has 1 saturated heterocycles. The molecule has 3 unspecified atom stereocenters. The monoisotopic (exact) mass is 187 g/mol. The summed E-state index contributed by atoms with van der Waals surface area (Å²) in [4.78, 5) is 2.18. The molecule has 0 aromatic rings. The lowest BCUT2D eigenvalue weighted by Gasteiger charge is -2.39. The molecule has 0 radical (unpaired) electrons. The van der Waals surface area contributed by atoms with Gasteiger partial charge in [-0.1, -0.05) is 0 Å². The fraction of sp³-hybridized carbons (Fsp3) is 1.00. The van der Waals surface area contributed by atoms with Crippen LogP contribution in [0.2, 0.25) is 0 Å². The average molecular weight is 187 g/mol. The Labute approximate surface area is 80.4 Å². The van der Waals surface area contributed by atoms with Gasteiger partial charge < -0.3 is 10.2 Å². The fourth-order valence-electron chi connectivity index (χ4n) is 2.08. The van der Waals surface area contributed by atoms with E-state index in [1.54, 1.807) is 6.92 Å². The minimum Gasteiger partial charge on any atom is -0.392 e. The van der Waals surface area contributed by atoms with Crippen LogP contribution in [0.4, 0.5) is 0 Å². The highest BCUT2D eigenvalue weighted by Crippen LogP contribution is 2.31. The molecule has 3 heteroatoms. The van der Waals surface area contributed by atoms with Crippen molar-refractivity contribution in [1.29, 1.82) is 0 Å². The van der Waals surface area contributed by atoms with Gasteiger partial charge in [0.1, 0.15) is 0 Å². The zero-order chi connectivity index (χ0) is 10.2. The van der Waals surface area contributed by atoms with Crippen molar-refractivity contribution in [3.8, 4) is 0 Å². The van der Waals surface area contributed by atoms with Crippen LogP contribution in [0, 0.1) is 0 Å². The van der Waals surface area contributed by atoms with Crippen molar-refractivity contribution >= 4 is 0 Å². The van der Waals surface area contributed by atoms with Crippen LogP contribution in [0.3, 0.4) is 0 Å². The van der Waals surface area contributed by atoms with Crippen LogP contribution >= 0.6 is 0 Å².